The highest BCUT2D eigenvalue weighted by Gasteiger charge is 2.54. The minimum Gasteiger partial charge on any atom is -0.469 e. The van der Waals surface area contributed by atoms with Crippen LogP contribution < -0.4 is 0 Å². The van der Waals surface area contributed by atoms with Crippen LogP contribution in [0.15, 0.2) is 12.2 Å². The van der Waals surface area contributed by atoms with Crippen molar-refractivity contribution in [3.63, 3.8) is 0 Å². The van der Waals surface area contributed by atoms with Crippen LogP contribution in [0.5, 0.6) is 0 Å². The molecular weight excluding hydrogens is 364 g/mol. The fourth-order valence-corrected chi connectivity index (χ4v) is 6.48. The summed E-state index contributed by atoms with van der Waals surface area (Å²) in [5, 5.41) is 0. The average Bonchev–Trinajstić information content (AvgIpc) is 2.71. The predicted molar refractivity (Wildman–Crippen MR) is 115 cm³/mol. The quantitative estimate of drug-likeness (QED) is 0.308. The first-order valence-electron chi connectivity index (χ1n) is 11.7. The zero-order valence-electron chi connectivity index (χ0n) is 19.5. The molecule has 166 valence electrons. The molecule has 1 saturated heterocycles. The molecule has 3 fully saturated rings. The van der Waals surface area contributed by atoms with E-state index < -0.39 is 0 Å². The van der Waals surface area contributed by atoms with E-state index >= 15 is 0 Å². The lowest BCUT2D eigenvalue weighted by atomic mass is 9.46. The summed E-state index contributed by atoms with van der Waals surface area (Å²) in [4.78, 5) is 23.4. The number of carbonyl (C=O) groups is 1. The lowest BCUT2D eigenvalue weighted by Crippen LogP contribution is -2.51. The lowest BCUT2D eigenvalue weighted by molar-refractivity contribution is -0.412. The van der Waals surface area contributed by atoms with E-state index in [0.717, 1.165) is 25.7 Å². The van der Waals surface area contributed by atoms with Crippen LogP contribution >= 0.6 is 0 Å². The number of ether oxygens (including phenoxy) is 1. The molecule has 0 N–H and O–H groups in total. The van der Waals surface area contributed by atoms with Gasteiger partial charge in [0.25, 0.3) is 0 Å². The van der Waals surface area contributed by atoms with Gasteiger partial charge in [-0.1, -0.05) is 32.9 Å². The summed E-state index contributed by atoms with van der Waals surface area (Å²) in [6.07, 6.45) is 10.1. The Bertz CT molecular complexity index is 620. The second-order valence-electron chi connectivity index (χ2n) is 10.9. The summed E-state index contributed by atoms with van der Waals surface area (Å²) in [7, 11) is 1.42. The van der Waals surface area contributed by atoms with Crippen molar-refractivity contribution in [2.75, 3.05) is 7.11 Å². The largest absolute Gasteiger partial charge is 0.469 e. The van der Waals surface area contributed by atoms with E-state index in [2.05, 4.69) is 34.3 Å². The molecule has 0 bridgehead atoms. The molecule has 4 heteroatoms. The Morgan fingerprint density at radius 3 is 2.55 bits per heavy atom. The van der Waals surface area contributed by atoms with Crippen LogP contribution in [0.3, 0.4) is 0 Å². The van der Waals surface area contributed by atoms with Crippen molar-refractivity contribution >= 4 is 5.97 Å². The molecule has 0 spiro atoms. The summed E-state index contributed by atoms with van der Waals surface area (Å²) < 4.78 is 4.86. The molecule has 2 aliphatic carbocycles. The first-order valence-corrected chi connectivity index (χ1v) is 11.7. The molecule has 0 aromatic heterocycles. The van der Waals surface area contributed by atoms with E-state index in [1.165, 1.54) is 44.8 Å². The molecule has 0 aromatic carbocycles. The van der Waals surface area contributed by atoms with E-state index in [9.17, 15) is 4.79 Å². The fraction of sp³-hybridized carbons (Fsp3) is 0.880. The maximum atomic E-state index is 11.8. The molecule has 0 aromatic rings. The highest BCUT2D eigenvalue weighted by atomic mass is 17.2. The number of esters is 1. The van der Waals surface area contributed by atoms with Crippen molar-refractivity contribution < 1.29 is 19.3 Å². The normalized spacial score (nSPS) is 44.1. The van der Waals surface area contributed by atoms with Gasteiger partial charge in [-0.25, -0.2) is 9.78 Å². The van der Waals surface area contributed by atoms with Crippen molar-refractivity contribution in [1.82, 2.24) is 0 Å². The van der Waals surface area contributed by atoms with Crippen LogP contribution in [-0.4, -0.2) is 24.8 Å². The molecule has 3 rings (SSSR count). The minimum absolute atomic E-state index is 0.218. The van der Waals surface area contributed by atoms with Gasteiger partial charge in [0.2, 0.25) is 0 Å². The van der Waals surface area contributed by atoms with Gasteiger partial charge >= 0.3 is 5.97 Å². The Morgan fingerprint density at radius 1 is 1.21 bits per heavy atom. The highest BCUT2D eigenvalue weighted by Crippen LogP contribution is 2.63. The Hall–Kier alpha value is -0.870. The van der Waals surface area contributed by atoms with E-state index in [-0.39, 0.29) is 23.6 Å². The van der Waals surface area contributed by atoms with Gasteiger partial charge in [-0.3, -0.25) is 4.79 Å². The fourth-order valence-electron chi connectivity index (χ4n) is 6.48. The van der Waals surface area contributed by atoms with Crippen LogP contribution in [0.25, 0.3) is 0 Å². The van der Waals surface area contributed by atoms with Crippen LogP contribution in [0.2, 0.25) is 0 Å². The van der Waals surface area contributed by atoms with Crippen molar-refractivity contribution in [3.05, 3.63) is 12.2 Å². The zero-order chi connectivity index (χ0) is 21.4. The molecule has 1 aliphatic heterocycles. The third kappa shape index (κ3) is 4.17. The number of hydrogen-bond donors (Lipinski definition) is 0. The van der Waals surface area contributed by atoms with Crippen LogP contribution in [0.4, 0.5) is 0 Å². The average molecular weight is 407 g/mol. The van der Waals surface area contributed by atoms with Gasteiger partial charge in [-0.2, -0.15) is 0 Å². The maximum absolute atomic E-state index is 11.8. The Morgan fingerprint density at radius 2 is 1.93 bits per heavy atom. The molecule has 4 nitrogen and oxygen atoms in total. The third-order valence-corrected chi connectivity index (χ3v) is 9.22. The molecule has 2 saturated carbocycles. The summed E-state index contributed by atoms with van der Waals surface area (Å²) in [5.74, 6) is 0.892. The number of methoxy groups -OCH3 is 1. The predicted octanol–water partition coefficient (Wildman–Crippen LogP) is 6.24. The molecule has 0 amide bonds. The maximum Gasteiger partial charge on any atom is 0.311 e. The Labute approximate surface area is 177 Å². The topological polar surface area (TPSA) is 44.8 Å². The van der Waals surface area contributed by atoms with Crippen molar-refractivity contribution in [2.45, 2.75) is 104 Å². The van der Waals surface area contributed by atoms with Gasteiger partial charge < -0.3 is 4.74 Å². The highest BCUT2D eigenvalue weighted by molar-refractivity contribution is 5.72. The van der Waals surface area contributed by atoms with Gasteiger partial charge in [-0.15, -0.1) is 0 Å². The zero-order valence-corrected chi connectivity index (χ0v) is 19.5. The van der Waals surface area contributed by atoms with E-state index in [0.29, 0.717) is 22.7 Å². The molecule has 1 heterocycles. The van der Waals surface area contributed by atoms with Gasteiger partial charge in [0, 0.05) is 0 Å². The molecule has 0 radical (unpaired) electrons. The number of carbonyl (C=O) groups excluding carboxylic acids is 1. The Balaban J connectivity index is 1.65. The number of allylic oxidation sites excluding steroid dienone is 1. The standard InChI is InChI=1S/C25H42O4/c1-17-9-8-10-21-24(17,5)14-11-18(2)25(21,6)16-15-23(4)13-12-20(28-29-23)19(3)22(26)27-7/h18-21H,1,8-16H2,2-7H3/t18-,19-,20+,21+,23-,24+,25+/m1/s1. The van der Waals surface area contributed by atoms with Gasteiger partial charge in [0.1, 0.15) is 11.7 Å². The monoisotopic (exact) mass is 406 g/mol. The molecule has 29 heavy (non-hydrogen) atoms. The number of rotatable bonds is 5. The summed E-state index contributed by atoms with van der Waals surface area (Å²) in [6.45, 7) is 16.0. The van der Waals surface area contributed by atoms with E-state index in [4.69, 9.17) is 14.5 Å². The van der Waals surface area contributed by atoms with Crippen LogP contribution in [0, 0.1) is 28.6 Å². The number of fused-ring (bicyclic) bond motifs is 1. The lowest BCUT2D eigenvalue weighted by Gasteiger charge is -2.59. The second-order valence-corrected chi connectivity index (χ2v) is 10.9. The molecule has 7 atom stereocenters. The first kappa shape index (κ1) is 22.8. The van der Waals surface area contributed by atoms with Gasteiger partial charge in [0.05, 0.1) is 13.0 Å². The number of hydrogen-bond acceptors (Lipinski definition) is 4. The van der Waals surface area contributed by atoms with E-state index in [1.807, 2.05) is 6.92 Å². The van der Waals surface area contributed by atoms with Gasteiger partial charge in [0.15, 0.2) is 0 Å². The molecule has 3 aliphatic rings. The molecule has 0 unspecified atom stereocenters. The second kappa shape index (κ2) is 8.34. The summed E-state index contributed by atoms with van der Waals surface area (Å²) in [6, 6.07) is 0. The van der Waals surface area contributed by atoms with Crippen LogP contribution in [-0.2, 0) is 19.3 Å². The van der Waals surface area contributed by atoms with E-state index in [1.54, 1.807) is 0 Å². The first-order chi connectivity index (χ1) is 13.6. The SMILES string of the molecule is C=C1CCC[C@@H]2[C@@](C)(CC[C@@]3(C)CC[C@@H]([C@@H](C)C(=O)OC)OO3)[C@H](C)CC[C@@]12C. The smallest absolute Gasteiger partial charge is 0.311 e. The van der Waals surface area contributed by atoms with Gasteiger partial charge in [-0.05, 0) is 94.3 Å². The van der Waals surface area contributed by atoms with Crippen molar-refractivity contribution in [1.29, 1.82) is 0 Å². The minimum atomic E-state index is -0.297. The summed E-state index contributed by atoms with van der Waals surface area (Å²) >= 11 is 0. The van der Waals surface area contributed by atoms with Crippen LogP contribution in [0.1, 0.15) is 92.4 Å². The van der Waals surface area contributed by atoms with Crippen molar-refractivity contribution in [3.8, 4) is 0 Å². The molecular formula is C25H42O4. The summed E-state index contributed by atoms with van der Waals surface area (Å²) in [5.41, 5.74) is 1.80. The van der Waals surface area contributed by atoms with Crippen molar-refractivity contribution in [2.24, 2.45) is 28.6 Å². The third-order valence-electron chi connectivity index (χ3n) is 9.22. The Kier molecular flexibility index (Phi) is 6.56.